The molecule has 0 saturated carbocycles. The van der Waals surface area contributed by atoms with E-state index in [0.717, 1.165) is 49.5 Å². The maximum atomic E-state index is 13.2. The van der Waals surface area contributed by atoms with Gasteiger partial charge in [-0.15, -0.1) is 0 Å². The summed E-state index contributed by atoms with van der Waals surface area (Å²) < 4.78 is 12.0. The number of rotatable bonds is 8. The number of hydrogen-bond donors (Lipinski definition) is 0. The highest BCUT2D eigenvalue weighted by molar-refractivity contribution is 7.22. The first-order valence-electron chi connectivity index (χ1n) is 10.2. The molecule has 0 bridgehead atoms. The third kappa shape index (κ3) is 6.04. The highest BCUT2D eigenvalue weighted by Crippen LogP contribution is 2.32. The molecule has 0 N–H and O–H groups in total. The monoisotopic (exact) mass is 513 g/mol. The number of carbonyl (C=O) groups excluding carboxylic acids is 1. The van der Waals surface area contributed by atoms with Crippen LogP contribution in [0.4, 0.5) is 5.13 Å². The number of anilines is 1. The predicted molar refractivity (Wildman–Crippen MR) is 131 cm³/mol. The van der Waals surface area contributed by atoms with Crippen molar-refractivity contribution in [2.75, 3.05) is 50.9 Å². The molecule has 0 radical (unpaired) electrons. The normalized spacial score (nSPS) is 14.6. The molecule has 1 aliphatic rings. The third-order valence-corrected chi connectivity index (χ3v) is 6.88. The Labute approximate surface area is 205 Å². The van der Waals surface area contributed by atoms with Gasteiger partial charge in [0.15, 0.2) is 11.7 Å². The Morgan fingerprint density at radius 3 is 2.66 bits per heavy atom. The molecular weight excluding hydrogens is 493 g/mol. The molecule has 2 heterocycles. The second-order valence-corrected chi connectivity index (χ2v) is 9.61. The van der Waals surface area contributed by atoms with Gasteiger partial charge in [-0.3, -0.25) is 14.6 Å². The maximum Gasteiger partial charge on any atom is 0.266 e. The molecule has 2 aromatic carbocycles. The van der Waals surface area contributed by atoms with Crippen molar-refractivity contribution in [2.24, 2.45) is 0 Å². The Kier molecular flexibility index (Phi) is 8.10. The summed E-state index contributed by atoms with van der Waals surface area (Å²) in [5.74, 6) is 0.219. The zero-order valence-corrected chi connectivity index (χ0v) is 20.3. The van der Waals surface area contributed by atoms with E-state index in [2.05, 4.69) is 9.88 Å². The van der Waals surface area contributed by atoms with Gasteiger partial charge in [-0.2, -0.15) is 0 Å². The summed E-state index contributed by atoms with van der Waals surface area (Å²) in [4.78, 5) is 21.8. The molecule has 3 aromatic rings. The predicted octanol–water partition coefficient (Wildman–Crippen LogP) is 5.39. The Balaban J connectivity index is 1.47. The van der Waals surface area contributed by atoms with Crippen LogP contribution in [0.2, 0.25) is 15.1 Å². The number of thiazole rings is 1. The van der Waals surface area contributed by atoms with Gasteiger partial charge in [0, 0.05) is 36.2 Å². The summed E-state index contributed by atoms with van der Waals surface area (Å²) in [6.45, 7) is 4.57. The highest BCUT2D eigenvalue weighted by atomic mass is 35.5. The number of ether oxygens (including phenoxy) is 2. The minimum absolute atomic E-state index is 0.157. The minimum atomic E-state index is -0.192. The maximum absolute atomic E-state index is 13.2. The molecule has 10 heteroatoms. The molecule has 1 fully saturated rings. The average molecular weight is 515 g/mol. The minimum Gasteiger partial charge on any atom is -0.482 e. The van der Waals surface area contributed by atoms with Crippen LogP contribution < -0.4 is 9.64 Å². The fourth-order valence-corrected chi connectivity index (χ4v) is 5.16. The van der Waals surface area contributed by atoms with E-state index in [9.17, 15) is 4.79 Å². The molecule has 6 nitrogen and oxygen atoms in total. The zero-order chi connectivity index (χ0) is 22.5. The smallest absolute Gasteiger partial charge is 0.266 e. The van der Waals surface area contributed by atoms with Crippen LogP contribution in [0.25, 0.3) is 10.2 Å². The molecular formula is C22H22Cl3N3O3S. The van der Waals surface area contributed by atoms with Gasteiger partial charge < -0.3 is 9.47 Å². The highest BCUT2D eigenvalue weighted by Gasteiger charge is 2.21. The number of halogens is 3. The van der Waals surface area contributed by atoms with Crippen molar-refractivity contribution in [3.05, 3.63) is 51.5 Å². The second kappa shape index (κ2) is 11.0. The van der Waals surface area contributed by atoms with Gasteiger partial charge in [-0.1, -0.05) is 46.1 Å². The topological polar surface area (TPSA) is 54.9 Å². The number of aromatic nitrogens is 1. The lowest BCUT2D eigenvalue weighted by molar-refractivity contribution is -0.120. The number of benzene rings is 2. The van der Waals surface area contributed by atoms with Crippen molar-refractivity contribution >= 4 is 67.4 Å². The number of nitrogens with zero attached hydrogens (tertiary/aromatic N) is 3. The van der Waals surface area contributed by atoms with Crippen molar-refractivity contribution < 1.29 is 14.3 Å². The van der Waals surface area contributed by atoms with Crippen LogP contribution >= 0.6 is 46.1 Å². The van der Waals surface area contributed by atoms with Crippen LogP contribution in [0, 0.1) is 0 Å². The summed E-state index contributed by atoms with van der Waals surface area (Å²) in [6.07, 6.45) is 0.810. The molecule has 1 aliphatic heterocycles. The molecule has 1 saturated heterocycles. The van der Waals surface area contributed by atoms with Crippen LogP contribution in [-0.4, -0.2) is 61.8 Å². The van der Waals surface area contributed by atoms with Gasteiger partial charge in [-0.25, -0.2) is 4.98 Å². The molecule has 170 valence electrons. The quantitative estimate of drug-likeness (QED) is 0.403. The number of amides is 1. The van der Waals surface area contributed by atoms with Crippen molar-refractivity contribution in [2.45, 2.75) is 6.42 Å². The molecule has 1 aromatic heterocycles. The van der Waals surface area contributed by atoms with E-state index in [1.165, 1.54) is 11.3 Å². The lowest BCUT2D eigenvalue weighted by Gasteiger charge is -2.27. The van der Waals surface area contributed by atoms with Gasteiger partial charge in [-0.05, 0) is 42.8 Å². The van der Waals surface area contributed by atoms with E-state index in [1.807, 2.05) is 12.1 Å². The molecule has 0 unspecified atom stereocenters. The molecule has 4 rings (SSSR count). The fourth-order valence-electron chi connectivity index (χ4n) is 3.42. The van der Waals surface area contributed by atoms with Gasteiger partial charge >= 0.3 is 0 Å². The van der Waals surface area contributed by atoms with Crippen molar-refractivity contribution in [1.82, 2.24) is 9.88 Å². The summed E-state index contributed by atoms with van der Waals surface area (Å²) in [5, 5.41) is 2.13. The van der Waals surface area contributed by atoms with Crippen molar-refractivity contribution in [3.63, 3.8) is 0 Å². The summed E-state index contributed by atoms with van der Waals surface area (Å²) in [7, 11) is 0. The van der Waals surface area contributed by atoms with Gasteiger partial charge in [0.1, 0.15) is 5.75 Å². The first-order chi connectivity index (χ1) is 15.5. The number of fused-ring (bicyclic) bond motifs is 1. The third-order valence-electron chi connectivity index (χ3n) is 5.08. The Morgan fingerprint density at radius 2 is 1.88 bits per heavy atom. The van der Waals surface area contributed by atoms with Crippen molar-refractivity contribution in [1.29, 1.82) is 0 Å². The van der Waals surface area contributed by atoms with Gasteiger partial charge in [0.05, 0.1) is 28.5 Å². The van der Waals surface area contributed by atoms with Crippen LogP contribution in [0.1, 0.15) is 6.42 Å². The Morgan fingerprint density at radius 1 is 1.12 bits per heavy atom. The molecule has 32 heavy (non-hydrogen) atoms. The Hall–Kier alpha value is -1.61. The van der Waals surface area contributed by atoms with Crippen LogP contribution in [0.5, 0.6) is 5.75 Å². The summed E-state index contributed by atoms with van der Waals surface area (Å²) in [5.41, 5.74) is 0.807. The van der Waals surface area contributed by atoms with Crippen LogP contribution in [0.3, 0.4) is 0 Å². The molecule has 0 spiro atoms. The summed E-state index contributed by atoms with van der Waals surface area (Å²) in [6, 6.07) is 10.4. The van der Waals surface area contributed by atoms with Crippen LogP contribution in [-0.2, 0) is 9.53 Å². The standard InChI is InChI=1S/C22H22Cl3N3O3S/c23-15-3-5-19(17(25)12-15)31-14-21(29)28(7-1-6-27-8-10-30-11-9-27)22-26-18-4-2-16(24)13-20(18)32-22/h2-5,12-13H,1,6-11,14H2. The number of morpholine rings is 1. The fraction of sp³-hybridized carbons (Fsp3) is 0.364. The lowest BCUT2D eigenvalue weighted by atomic mass is 10.3. The average Bonchev–Trinajstić information content (AvgIpc) is 3.19. The van der Waals surface area contributed by atoms with Gasteiger partial charge in [0.25, 0.3) is 5.91 Å². The van der Waals surface area contributed by atoms with E-state index in [-0.39, 0.29) is 12.5 Å². The first kappa shape index (κ1) is 23.5. The molecule has 1 amide bonds. The number of hydrogen-bond acceptors (Lipinski definition) is 6. The van der Waals surface area contributed by atoms with E-state index >= 15 is 0 Å². The number of carbonyl (C=O) groups is 1. The molecule has 0 atom stereocenters. The SMILES string of the molecule is O=C(COc1ccc(Cl)cc1Cl)N(CCCN1CCOCC1)c1nc2ccc(Cl)cc2s1. The molecule has 0 aliphatic carbocycles. The van der Waals surface area contributed by atoms with Crippen LogP contribution in [0.15, 0.2) is 36.4 Å². The first-order valence-corrected chi connectivity index (χ1v) is 12.2. The Bertz CT molecular complexity index is 1090. The largest absolute Gasteiger partial charge is 0.482 e. The van der Waals surface area contributed by atoms with E-state index in [0.29, 0.717) is 32.5 Å². The van der Waals surface area contributed by atoms with E-state index in [4.69, 9.17) is 44.3 Å². The van der Waals surface area contributed by atoms with E-state index < -0.39 is 0 Å². The van der Waals surface area contributed by atoms with Gasteiger partial charge in [0.2, 0.25) is 0 Å². The van der Waals surface area contributed by atoms with Crippen molar-refractivity contribution in [3.8, 4) is 5.75 Å². The zero-order valence-electron chi connectivity index (χ0n) is 17.2. The van der Waals surface area contributed by atoms with E-state index in [1.54, 1.807) is 29.2 Å². The second-order valence-electron chi connectivity index (χ2n) is 7.32. The lowest BCUT2D eigenvalue weighted by Crippen LogP contribution is -2.40. The summed E-state index contributed by atoms with van der Waals surface area (Å²) >= 11 is 19.7.